The van der Waals surface area contributed by atoms with E-state index >= 15 is 0 Å². The Kier molecular flexibility index (Phi) is 2.53. The third-order valence-electron chi connectivity index (χ3n) is 2.40. The normalized spacial score (nSPS) is 22.6. The lowest BCUT2D eigenvalue weighted by Crippen LogP contribution is -2.43. The second-order valence-electron chi connectivity index (χ2n) is 4.25. The van der Waals surface area contributed by atoms with Crippen LogP contribution in [0.5, 0.6) is 0 Å². The fraction of sp³-hybridized carbons (Fsp3) is 0.333. The number of rotatable bonds is 0. The zero-order valence-corrected chi connectivity index (χ0v) is 9.89. The van der Waals surface area contributed by atoms with Crippen molar-refractivity contribution in [1.29, 1.82) is 0 Å². The lowest BCUT2D eigenvalue weighted by atomic mass is 10.1. The molecule has 0 aromatic heterocycles. The first-order chi connectivity index (χ1) is 7.91. The summed E-state index contributed by atoms with van der Waals surface area (Å²) >= 11 is 0. The van der Waals surface area contributed by atoms with E-state index in [2.05, 4.69) is 0 Å². The van der Waals surface area contributed by atoms with E-state index in [1.54, 1.807) is 36.4 Å². The molecular formula is C12H13NO4. The van der Waals surface area contributed by atoms with Gasteiger partial charge in [0, 0.05) is 27.1 Å². The van der Waals surface area contributed by atoms with Crippen molar-refractivity contribution in [1.82, 2.24) is 4.90 Å². The van der Waals surface area contributed by atoms with Crippen molar-refractivity contribution in [2.75, 3.05) is 7.05 Å². The van der Waals surface area contributed by atoms with Crippen LogP contribution < -0.4 is 0 Å². The van der Waals surface area contributed by atoms with Crippen LogP contribution in [-0.2, 0) is 19.1 Å². The van der Waals surface area contributed by atoms with E-state index in [0.29, 0.717) is 5.70 Å². The van der Waals surface area contributed by atoms with Gasteiger partial charge in [0.25, 0.3) is 5.79 Å². The Bertz CT molecular complexity index is 449. The Hall–Kier alpha value is -2.04. The molecule has 0 spiro atoms. The van der Waals surface area contributed by atoms with Gasteiger partial charge in [0.1, 0.15) is 0 Å². The molecule has 17 heavy (non-hydrogen) atoms. The van der Waals surface area contributed by atoms with E-state index in [1.165, 1.54) is 13.8 Å². The van der Waals surface area contributed by atoms with Crippen LogP contribution in [0, 0.1) is 0 Å². The molecule has 0 aromatic carbocycles. The van der Waals surface area contributed by atoms with Crippen LogP contribution in [0.25, 0.3) is 0 Å². The number of allylic oxidation sites excluding steroid dienone is 3. The van der Waals surface area contributed by atoms with Crippen molar-refractivity contribution in [2.45, 2.75) is 19.6 Å². The molecule has 0 saturated carbocycles. The highest BCUT2D eigenvalue weighted by Gasteiger charge is 2.41. The second kappa shape index (κ2) is 3.76. The standard InChI is InChI=1S/C12H13NO4/c1-12(2)16-10(14)9(11(15)17-12)8-6-4-5-7-13(8)3/h4-7H,1-3H3. The molecule has 0 unspecified atom stereocenters. The van der Waals surface area contributed by atoms with Gasteiger partial charge in [0.05, 0.1) is 5.70 Å². The number of cyclic esters (lactones) is 2. The Balaban J connectivity index is 2.43. The number of hydrogen-bond acceptors (Lipinski definition) is 5. The summed E-state index contributed by atoms with van der Waals surface area (Å²) in [7, 11) is 1.74. The molecule has 2 heterocycles. The quantitative estimate of drug-likeness (QED) is 0.357. The Labute approximate surface area is 99.0 Å². The van der Waals surface area contributed by atoms with Crippen LogP contribution in [0.15, 0.2) is 35.7 Å². The Morgan fingerprint density at radius 1 is 1.12 bits per heavy atom. The van der Waals surface area contributed by atoms with Crippen molar-refractivity contribution in [3.8, 4) is 0 Å². The molecule has 0 amide bonds. The Morgan fingerprint density at radius 3 is 2.24 bits per heavy atom. The molecule has 0 atom stereocenters. The van der Waals surface area contributed by atoms with Crippen molar-refractivity contribution in [3.05, 3.63) is 35.7 Å². The number of likely N-dealkylation sites (N-methyl/N-ethyl adjacent to an activating group) is 1. The number of carbonyl (C=O) groups is 2. The average molecular weight is 235 g/mol. The third kappa shape index (κ3) is 2.08. The third-order valence-corrected chi connectivity index (χ3v) is 2.40. The van der Waals surface area contributed by atoms with Crippen LogP contribution in [0.3, 0.4) is 0 Å². The minimum atomic E-state index is -1.20. The highest BCUT2D eigenvalue weighted by molar-refractivity contribution is 6.16. The molecule has 2 aliphatic heterocycles. The highest BCUT2D eigenvalue weighted by Crippen LogP contribution is 2.26. The van der Waals surface area contributed by atoms with Crippen LogP contribution in [0.1, 0.15) is 13.8 Å². The van der Waals surface area contributed by atoms with Crippen molar-refractivity contribution in [3.63, 3.8) is 0 Å². The lowest BCUT2D eigenvalue weighted by molar-refractivity contribution is -0.222. The Morgan fingerprint density at radius 2 is 1.71 bits per heavy atom. The number of hydrogen-bond donors (Lipinski definition) is 0. The van der Waals surface area contributed by atoms with Gasteiger partial charge in [0.15, 0.2) is 5.57 Å². The summed E-state index contributed by atoms with van der Waals surface area (Å²) in [4.78, 5) is 25.3. The largest absolute Gasteiger partial charge is 0.419 e. The van der Waals surface area contributed by atoms with E-state index in [-0.39, 0.29) is 5.57 Å². The molecule has 2 rings (SSSR count). The predicted molar refractivity (Wildman–Crippen MR) is 59.3 cm³/mol. The van der Waals surface area contributed by atoms with Gasteiger partial charge in [-0.1, -0.05) is 6.08 Å². The first kappa shape index (κ1) is 11.4. The number of esters is 2. The lowest BCUT2D eigenvalue weighted by Gasteiger charge is -2.31. The fourth-order valence-electron chi connectivity index (χ4n) is 1.64. The van der Waals surface area contributed by atoms with Gasteiger partial charge in [-0.3, -0.25) is 0 Å². The topological polar surface area (TPSA) is 55.8 Å². The smallest absolute Gasteiger partial charge is 0.351 e. The maximum absolute atomic E-state index is 11.8. The van der Waals surface area contributed by atoms with E-state index < -0.39 is 17.7 Å². The second-order valence-corrected chi connectivity index (χ2v) is 4.25. The van der Waals surface area contributed by atoms with Crippen LogP contribution >= 0.6 is 0 Å². The molecule has 0 N–H and O–H groups in total. The van der Waals surface area contributed by atoms with Gasteiger partial charge < -0.3 is 14.4 Å². The molecule has 90 valence electrons. The van der Waals surface area contributed by atoms with Gasteiger partial charge in [-0.05, 0) is 12.2 Å². The zero-order valence-electron chi connectivity index (χ0n) is 9.89. The van der Waals surface area contributed by atoms with Gasteiger partial charge in [-0.2, -0.15) is 0 Å². The van der Waals surface area contributed by atoms with E-state index in [1.807, 2.05) is 0 Å². The summed E-state index contributed by atoms with van der Waals surface area (Å²) in [5.74, 6) is -2.52. The van der Waals surface area contributed by atoms with E-state index in [4.69, 9.17) is 9.47 Å². The molecule has 0 bridgehead atoms. The average Bonchev–Trinajstić information content (AvgIpc) is 2.17. The molecule has 0 aliphatic carbocycles. The molecule has 5 heteroatoms. The number of ether oxygens (including phenoxy) is 2. The summed E-state index contributed by atoms with van der Waals surface area (Å²) in [6.45, 7) is 3.04. The maximum atomic E-state index is 11.8. The highest BCUT2D eigenvalue weighted by atomic mass is 16.7. The number of nitrogens with zero attached hydrogens (tertiary/aromatic N) is 1. The summed E-state index contributed by atoms with van der Waals surface area (Å²) < 4.78 is 10.1. The van der Waals surface area contributed by atoms with Crippen molar-refractivity contribution >= 4 is 11.9 Å². The molecule has 0 aromatic rings. The molecule has 0 radical (unpaired) electrons. The first-order valence-electron chi connectivity index (χ1n) is 5.19. The molecule has 2 aliphatic rings. The van der Waals surface area contributed by atoms with Crippen LogP contribution in [0.4, 0.5) is 0 Å². The van der Waals surface area contributed by atoms with Crippen molar-refractivity contribution in [2.24, 2.45) is 0 Å². The van der Waals surface area contributed by atoms with Gasteiger partial charge >= 0.3 is 11.9 Å². The minimum absolute atomic E-state index is 0.0765. The SMILES string of the molecule is CN1C=CC=CC1=C1C(=O)OC(C)(C)OC1=O. The van der Waals surface area contributed by atoms with Crippen LogP contribution in [0.2, 0.25) is 0 Å². The fourth-order valence-corrected chi connectivity index (χ4v) is 1.64. The number of carbonyl (C=O) groups excluding carboxylic acids is 2. The van der Waals surface area contributed by atoms with E-state index in [9.17, 15) is 9.59 Å². The zero-order chi connectivity index (χ0) is 12.6. The summed E-state index contributed by atoms with van der Waals surface area (Å²) in [6, 6.07) is 0. The summed E-state index contributed by atoms with van der Waals surface area (Å²) in [5, 5.41) is 0. The summed E-state index contributed by atoms with van der Waals surface area (Å²) in [6.07, 6.45) is 6.94. The van der Waals surface area contributed by atoms with Crippen molar-refractivity contribution < 1.29 is 19.1 Å². The van der Waals surface area contributed by atoms with Gasteiger partial charge in [-0.25, -0.2) is 9.59 Å². The monoisotopic (exact) mass is 235 g/mol. The van der Waals surface area contributed by atoms with E-state index in [0.717, 1.165) is 0 Å². The van der Waals surface area contributed by atoms with Gasteiger partial charge in [0.2, 0.25) is 0 Å². The maximum Gasteiger partial charge on any atom is 0.351 e. The minimum Gasteiger partial charge on any atom is -0.419 e. The predicted octanol–water partition coefficient (Wildman–Crippen LogP) is 1.09. The van der Waals surface area contributed by atoms with Crippen LogP contribution in [-0.4, -0.2) is 29.7 Å². The molecule has 1 fully saturated rings. The summed E-state index contributed by atoms with van der Waals surface area (Å²) in [5.41, 5.74) is 0.394. The molecule has 5 nitrogen and oxygen atoms in total. The molecule has 1 saturated heterocycles. The molecular weight excluding hydrogens is 222 g/mol. The van der Waals surface area contributed by atoms with Gasteiger partial charge in [-0.15, -0.1) is 0 Å². The first-order valence-corrected chi connectivity index (χ1v) is 5.19.